The zero-order chi connectivity index (χ0) is 27.6. The molecule has 3 aliphatic rings. The fraction of sp³-hybridized carbons (Fsp3) is 0.452. The molecule has 0 saturated carbocycles. The highest BCUT2D eigenvalue weighted by Crippen LogP contribution is 2.38. The van der Waals surface area contributed by atoms with Crippen LogP contribution in [0.1, 0.15) is 41.2 Å². The predicted octanol–water partition coefficient (Wildman–Crippen LogP) is 3.79. The third-order valence-electron chi connectivity index (χ3n) is 8.30. The standard InChI is InChI=1S/C31H39N3O4S/c1-32-17-19-33(20-18-32)28-13-14-29(38-2)26-15-16-34(22-27(26)28)30(35)21-23-9-11-25(12-10-23)31(39(3,36)37)24-7-5-4-6-8-24/h4-12,22,28,31H,13-21H2,1-3H3. The van der Waals surface area contributed by atoms with Gasteiger partial charge in [0.15, 0.2) is 9.84 Å². The zero-order valence-electron chi connectivity index (χ0n) is 23.2. The molecule has 2 unspecified atom stereocenters. The van der Waals surface area contributed by atoms with Crippen molar-refractivity contribution < 1.29 is 17.9 Å². The Morgan fingerprint density at radius 1 is 0.949 bits per heavy atom. The summed E-state index contributed by atoms with van der Waals surface area (Å²) >= 11 is 0. The quantitative estimate of drug-likeness (QED) is 0.524. The largest absolute Gasteiger partial charge is 0.501 e. The molecule has 0 bridgehead atoms. The van der Waals surface area contributed by atoms with Crippen molar-refractivity contribution in [3.05, 3.63) is 94.4 Å². The second kappa shape index (κ2) is 11.7. The highest BCUT2D eigenvalue weighted by atomic mass is 32.2. The fourth-order valence-corrected chi connectivity index (χ4v) is 7.49. The van der Waals surface area contributed by atoms with Crippen LogP contribution in [0.15, 0.2) is 77.7 Å². The normalized spacial score (nSPS) is 21.8. The van der Waals surface area contributed by atoms with Crippen LogP contribution in [0.3, 0.4) is 0 Å². The molecule has 0 radical (unpaired) electrons. The molecule has 5 rings (SSSR count). The average molecular weight is 550 g/mol. The lowest BCUT2D eigenvalue weighted by Crippen LogP contribution is -2.51. The van der Waals surface area contributed by atoms with E-state index >= 15 is 0 Å². The second-order valence-electron chi connectivity index (χ2n) is 11.0. The summed E-state index contributed by atoms with van der Waals surface area (Å²) in [6.45, 7) is 4.83. The number of likely N-dealkylation sites (N-methyl/N-ethyl adjacent to an activating group) is 1. The molecule has 1 amide bonds. The maximum Gasteiger partial charge on any atom is 0.230 e. The highest BCUT2D eigenvalue weighted by molar-refractivity contribution is 7.91. The first-order valence-corrected chi connectivity index (χ1v) is 15.7. The number of allylic oxidation sites excluding steroid dienone is 1. The second-order valence-corrected chi connectivity index (χ2v) is 13.1. The molecule has 2 heterocycles. The van der Waals surface area contributed by atoms with E-state index in [1.54, 1.807) is 7.11 Å². The van der Waals surface area contributed by atoms with Gasteiger partial charge in [0.05, 0.1) is 19.3 Å². The van der Waals surface area contributed by atoms with Crippen molar-refractivity contribution >= 4 is 15.7 Å². The molecule has 0 spiro atoms. The molecule has 2 aromatic carbocycles. The highest BCUT2D eigenvalue weighted by Gasteiger charge is 2.35. The van der Waals surface area contributed by atoms with Gasteiger partial charge in [-0.15, -0.1) is 0 Å². The summed E-state index contributed by atoms with van der Waals surface area (Å²) in [5.41, 5.74) is 4.83. The Bertz CT molecular complexity index is 1340. The number of sulfone groups is 1. The van der Waals surface area contributed by atoms with Crippen LogP contribution in [0.2, 0.25) is 0 Å². The van der Waals surface area contributed by atoms with E-state index in [9.17, 15) is 13.2 Å². The van der Waals surface area contributed by atoms with Crippen LogP contribution < -0.4 is 0 Å². The van der Waals surface area contributed by atoms with E-state index in [0.717, 1.165) is 62.3 Å². The molecule has 1 aliphatic carbocycles. The Labute approximate surface area is 232 Å². The lowest BCUT2D eigenvalue weighted by Gasteiger charge is -2.43. The van der Waals surface area contributed by atoms with Crippen molar-refractivity contribution in [3.8, 4) is 0 Å². The first kappa shape index (κ1) is 27.6. The van der Waals surface area contributed by atoms with Crippen LogP contribution in [0.25, 0.3) is 0 Å². The Hall–Kier alpha value is -2.94. The Morgan fingerprint density at radius 3 is 2.26 bits per heavy atom. The summed E-state index contributed by atoms with van der Waals surface area (Å²) in [5, 5.41) is -0.728. The number of fused-ring (bicyclic) bond motifs is 1. The molecule has 2 aliphatic heterocycles. The van der Waals surface area contributed by atoms with Gasteiger partial charge in [0.1, 0.15) is 5.25 Å². The number of methoxy groups -OCH3 is 1. The molecule has 2 aromatic rings. The van der Waals surface area contributed by atoms with Gasteiger partial charge in [-0.25, -0.2) is 8.42 Å². The van der Waals surface area contributed by atoms with Crippen LogP contribution in [0.5, 0.6) is 0 Å². The smallest absolute Gasteiger partial charge is 0.230 e. The van der Waals surface area contributed by atoms with Crippen LogP contribution in [0.4, 0.5) is 0 Å². The third kappa shape index (κ3) is 6.13. The van der Waals surface area contributed by atoms with Gasteiger partial charge in [-0.2, -0.15) is 0 Å². The maximum atomic E-state index is 13.4. The van der Waals surface area contributed by atoms with Gasteiger partial charge in [-0.3, -0.25) is 9.69 Å². The predicted molar refractivity (Wildman–Crippen MR) is 154 cm³/mol. The molecule has 2 atom stereocenters. The van der Waals surface area contributed by atoms with E-state index in [-0.39, 0.29) is 12.3 Å². The molecule has 0 aromatic heterocycles. The minimum Gasteiger partial charge on any atom is -0.501 e. The summed E-state index contributed by atoms with van der Waals surface area (Å²) in [5.74, 6) is 1.12. The van der Waals surface area contributed by atoms with Gasteiger partial charge in [0.25, 0.3) is 0 Å². The van der Waals surface area contributed by atoms with Crippen molar-refractivity contribution in [1.82, 2.24) is 14.7 Å². The summed E-state index contributed by atoms with van der Waals surface area (Å²) in [7, 11) is 0.558. The number of nitrogens with zero attached hydrogens (tertiary/aromatic N) is 3. The lowest BCUT2D eigenvalue weighted by molar-refractivity contribution is -0.128. The van der Waals surface area contributed by atoms with Gasteiger partial charge >= 0.3 is 0 Å². The summed E-state index contributed by atoms with van der Waals surface area (Å²) < 4.78 is 31.0. The van der Waals surface area contributed by atoms with Crippen molar-refractivity contribution in [2.75, 3.05) is 53.1 Å². The monoisotopic (exact) mass is 549 g/mol. The Kier molecular flexibility index (Phi) is 8.26. The Morgan fingerprint density at radius 2 is 1.62 bits per heavy atom. The van der Waals surface area contributed by atoms with Gasteiger partial charge in [0, 0.05) is 57.6 Å². The molecule has 208 valence electrons. The van der Waals surface area contributed by atoms with Gasteiger partial charge in [-0.05, 0) is 47.7 Å². The number of piperazine rings is 1. The van der Waals surface area contributed by atoms with Crippen LogP contribution in [-0.4, -0.2) is 88.2 Å². The van der Waals surface area contributed by atoms with Crippen molar-refractivity contribution in [1.29, 1.82) is 0 Å². The summed E-state index contributed by atoms with van der Waals surface area (Å²) in [4.78, 5) is 20.2. The van der Waals surface area contributed by atoms with E-state index in [2.05, 4.69) is 23.0 Å². The van der Waals surface area contributed by atoms with E-state index in [1.165, 1.54) is 17.4 Å². The number of hydrogen-bond donors (Lipinski definition) is 0. The number of hydrogen-bond acceptors (Lipinski definition) is 6. The van der Waals surface area contributed by atoms with Gasteiger partial charge in [-0.1, -0.05) is 54.6 Å². The third-order valence-corrected chi connectivity index (χ3v) is 9.70. The molecule has 8 heteroatoms. The van der Waals surface area contributed by atoms with Crippen LogP contribution in [0, 0.1) is 0 Å². The molecule has 1 fully saturated rings. The molecular formula is C31H39N3O4S. The first-order chi connectivity index (χ1) is 18.7. The number of carbonyl (C=O) groups is 1. The Balaban J connectivity index is 1.34. The summed E-state index contributed by atoms with van der Waals surface area (Å²) in [6.07, 6.45) is 6.37. The van der Waals surface area contributed by atoms with Crippen molar-refractivity contribution in [3.63, 3.8) is 0 Å². The first-order valence-electron chi connectivity index (χ1n) is 13.8. The number of benzene rings is 2. The van der Waals surface area contributed by atoms with E-state index in [0.29, 0.717) is 18.2 Å². The SMILES string of the molecule is COC1=C2CCN(C(=O)Cc3ccc(C(c4ccccc4)S(C)(=O)=O)cc3)C=C2C(N2CCN(C)CC2)CC1. The molecule has 7 nitrogen and oxygen atoms in total. The topological polar surface area (TPSA) is 70.2 Å². The van der Waals surface area contributed by atoms with Crippen LogP contribution >= 0.6 is 0 Å². The number of amides is 1. The maximum absolute atomic E-state index is 13.4. The number of carbonyl (C=O) groups excluding carboxylic acids is 1. The van der Waals surface area contributed by atoms with Crippen LogP contribution in [-0.2, 0) is 25.8 Å². The van der Waals surface area contributed by atoms with E-state index < -0.39 is 15.1 Å². The van der Waals surface area contributed by atoms with E-state index in [1.807, 2.05) is 59.5 Å². The fourth-order valence-electron chi connectivity index (χ4n) is 6.18. The minimum atomic E-state index is -3.36. The minimum absolute atomic E-state index is 0.0543. The van der Waals surface area contributed by atoms with Gasteiger partial charge < -0.3 is 14.5 Å². The summed E-state index contributed by atoms with van der Waals surface area (Å²) in [6, 6.07) is 17.0. The average Bonchev–Trinajstić information content (AvgIpc) is 2.93. The molecular weight excluding hydrogens is 510 g/mol. The number of rotatable bonds is 7. The van der Waals surface area contributed by atoms with Crippen molar-refractivity contribution in [2.45, 2.75) is 37.0 Å². The van der Waals surface area contributed by atoms with E-state index in [4.69, 9.17) is 4.74 Å². The van der Waals surface area contributed by atoms with Crippen molar-refractivity contribution in [2.24, 2.45) is 0 Å². The van der Waals surface area contributed by atoms with Gasteiger partial charge in [0.2, 0.25) is 5.91 Å². The number of ether oxygens (including phenoxy) is 1. The molecule has 0 N–H and O–H groups in total. The molecule has 39 heavy (non-hydrogen) atoms. The lowest BCUT2D eigenvalue weighted by atomic mass is 9.83. The molecule has 1 saturated heterocycles. The zero-order valence-corrected chi connectivity index (χ0v) is 24.0.